The van der Waals surface area contributed by atoms with Crippen LogP contribution in [0.4, 0.5) is 17.6 Å². The van der Waals surface area contributed by atoms with E-state index in [4.69, 9.17) is 0 Å². The van der Waals surface area contributed by atoms with Gasteiger partial charge in [-0.15, -0.1) is 0 Å². The summed E-state index contributed by atoms with van der Waals surface area (Å²) in [7, 11) is 0. The van der Waals surface area contributed by atoms with Crippen molar-refractivity contribution in [3.05, 3.63) is 52.8 Å². The molecule has 1 aliphatic heterocycles. The van der Waals surface area contributed by atoms with E-state index >= 15 is 0 Å². The van der Waals surface area contributed by atoms with Gasteiger partial charge in [-0.05, 0) is 30.3 Å². The topological polar surface area (TPSA) is 64.2 Å². The molecule has 3 aromatic rings. The Morgan fingerprint density at radius 1 is 0.920 bits per heavy atom. The fourth-order valence-corrected chi connectivity index (χ4v) is 2.44. The summed E-state index contributed by atoms with van der Waals surface area (Å²) in [4.78, 5) is 18.8. The monoisotopic (exact) mass is 352 g/mol. The number of fused-ring (bicyclic) bond motifs is 2. The number of ether oxygens (including phenoxy) is 2. The van der Waals surface area contributed by atoms with Gasteiger partial charge in [-0.25, -0.2) is 4.98 Å². The quantitative estimate of drug-likeness (QED) is 0.681. The van der Waals surface area contributed by atoms with Gasteiger partial charge >= 0.3 is 12.2 Å². The number of H-pyrrole nitrogens is 1. The maximum Gasteiger partial charge on any atom is 0.507 e. The van der Waals surface area contributed by atoms with E-state index in [2.05, 4.69) is 19.4 Å². The van der Waals surface area contributed by atoms with Gasteiger partial charge in [0.1, 0.15) is 5.82 Å². The summed E-state index contributed by atoms with van der Waals surface area (Å²) < 4.78 is 61.0. The van der Waals surface area contributed by atoms with Crippen molar-refractivity contribution in [3.63, 3.8) is 0 Å². The van der Waals surface area contributed by atoms with Crippen LogP contribution in [0.3, 0.4) is 0 Å². The number of alkyl halides is 4. The minimum Gasteiger partial charge on any atom is -0.421 e. The third-order valence-electron chi connectivity index (χ3n) is 3.65. The molecule has 0 atom stereocenters. The highest BCUT2D eigenvalue weighted by atomic mass is 19.3. The van der Waals surface area contributed by atoms with E-state index in [1.165, 1.54) is 6.07 Å². The summed E-state index contributed by atoms with van der Waals surface area (Å²) in [5, 5.41) is 0.356. The lowest BCUT2D eigenvalue weighted by Crippen LogP contribution is -2.52. The molecule has 1 aromatic heterocycles. The number of hydrogen-bond donors (Lipinski definition) is 1. The van der Waals surface area contributed by atoms with Gasteiger partial charge in [0, 0.05) is 5.56 Å². The molecule has 0 bridgehead atoms. The Labute approximate surface area is 136 Å². The van der Waals surface area contributed by atoms with E-state index in [1.54, 1.807) is 24.3 Å². The zero-order valence-electron chi connectivity index (χ0n) is 12.2. The first-order valence-corrected chi connectivity index (χ1v) is 7.04. The highest BCUT2D eigenvalue weighted by molar-refractivity contribution is 5.79. The first kappa shape index (κ1) is 15.4. The van der Waals surface area contributed by atoms with E-state index < -0.39 is 29.3 Å². The normalized spacial score (nSPS) is 17.4. The standard InChI is InChI=1S/C16H8F4N2O3/c17-15(18)16(19,20)25-12-7-8(5-6-11(12)24-15)13-21-10-4-2-1-3-9(10)14(23)22-13/h1-7H,(H,21,22,23). The average Bonchev–Trinajstić information content (AvgIpc) is 2.55. The molecule has 0 aliphatic carbocycles. The number of hydrogen-bond acceptors (Lipinski definition) is 4. The van der Waals surface area contributed by atoms with E-state index in [-0.39, 0.29) is 11.4 Å². The van der Waals surface area contributed by atoms with Crippen LogP contribution in [0.1, 0.15) is 0 Å². The molecule has 0 fully saturated rings. The van der Waals surface area contributed by atoms with Gasteiger partial charge in [0.2, 0.25) is 0 Å². The number of aromatic amines is 1. The minimum atomic E-state index is -4.82. The molecule has 0 radical (unpaired) electrons. The molecule has 128 valence electrons. The number of nitrogens with one attached hydrogen (secondary N) is 1. The Bertz CT molecular complexity index is 1050. The molecule has 1 aliphatic rings. The molecule has 0 saturated heterocycles. The minimum absolute atomic E-state index is 0.0794. The van der Waals surface area contributed by atoms with E-state index in [9.17, 15) is 22.4 Å². The molecule has 25 heavy (non-hydrogen) atoms. The largest absolute Gasteiger partial charge is 0.507 e. The van der Waals surface area contributed by atoms with Crippen LogP contribution >= 0.6 is 0 Å². The van der Waals surface area contributed by atoms with E-state index in [0.717, 1.165) is 12.1 Å². The van der Waals surface area contributed by atoms with Crippen LogP contribution in [-0.2, 0) is 0 Å². The lowest BCUT2D eigenvalue weighted by atomic mass is 10.1. The molecule has 1 N–H and O–H groups in total. The third kappa shape index (κ3) is 2.39. The van der Waals surface area contributed by atoms with Crippen LogP contribution < -0.4 is 15.0 Å². The molecule has 4 rings (SSSR count). The summed E-state index contributed by atoms with van der Waals surface area (Å²) in [6.45, 7) is 0. The molecule has 0 unspecified atom stereocenters. The molecule has 9 heteroatoms. The van der Waals surface area contributed by atoms with Crippen molar-refractivity contribution in [1.82, 2.24) is 9.97 Å². The predicted molar refractivity (Wildman–Crippen MR) is 78.9 cm³/mol. The van der Waals surface area contributed by atoms with Gasteiger partial charge in [-0.2, -0.15) is 17.6 Å². The Hall–Kier alpha value is -3.10. The second-order valence-corrected chi connectivity index (χ2v) is 5.33. The highest BCUT2D eigenvalue weighted by Crippen LogP contribution is 2.47. The van der Waals surface area contributed by atoms with Crippen molar-refractivity contribution in [3.8, 4) is 22.9 Å². The van der Waals surface area contributed by atoms with Gasteiger partial charge in [-0.3, -0.25) is 4.79 Å². The van der Waals surface area contributed by atoms with Crippen LogP contribution in [0.15, 0.2) is 47.3 Å². The fourth-order valence-electron chi connectivity index (χ4n) is 2.44. The number of benzene rings is 2. The molecular weight excluding hydrogens is 344 g/mol. The molecule has 0 amide bonds. The number of nitrogens with zero attached hydrogens (tertiary/aromatic N) is 1. The molecule has 2 heterocycles. The van der Waals surface area contributed by atoms with Crippen LogP contribution in [0.2, 0.25) is 0 Å². The van der Waals surface area contributed by atoms with Crippen molar-refractivity contribution >= 4 is 10.9 Å². The van der Waals surface area contributed by atoms with Gasteiger partial charge in [0.25, 0.3) is 5.56 Å². The second-order valence-electron chi connectivity index (χ2n) is 5.33. The zero-order valence-corrected chi connectivity index (χ0v) is 12.2. The SMILES string of the molecule is O=c1[nH]c(-c2ccc3c(c2)OC(F)(F)C(F)(F)O3)nc2ccccc12. The van der Waals surface area contributed by atoms with E-state index in [0.29, 0.717) is 10.9 Å². The van der Waals surface area contributed by atoms with Crippen molar-refractivity contribution in [2.45, 2.75) is 12.2 Å². The Balaban J connectivity index is 1.83. The average molecular weight is 352 g/mol. The zero-order chi connectivity index (χ0) is 17.8. The summed E-state index contributed by atoms with van der Waals surface area (Å²) in [5.74, 6) is -1.04. The second kappa shape index (κ2) is 4.95. The molecule has 5 nitrogen and oxygen atoms in total. The van der Waals surface area contributed by atoms with Gasteiger partial charge in [-0.1, -0.05) is 12.1 Å². The summed E-state index contributed by atoms with van der Waals surface area (Å²) in [5.41, 5.74) is 0.173. The number of halogens is 4. The lowest BCUT2D eigenvalue weighted by Gasteiger charge is -2.31. The molecular formula is C16H8F4N2O3. The van der Waals surface area contributed by atoms with Crippen LogP contribution in [0.25, 0.3) is 22.3 Å². The Morgan fingerprint density at radius 3 is 2.36 bits per heavy atom. The van der Waals surface area contributed by atoms with Crippen molar-refractivity contribution in [2.24, 2.45) is 0 Å². The first-order valence-electron chi connectivity index (χ1n) is 7.04. The third-order valence-corrected chi connectivity index (χ3v) is 3.65. The Morgan fingerprint density at radius 2 is 1.60 bits per heavy atom. The number of aromatic nitrogens is 2. The van der Waals surface area contributed by atoms with E-state index in [1.807, 2.05) is 0 Å². The van der Waals surface area contributed by atoms with Crippen LogP contribution in [0, 0.1) is 0 Å². The van der Waals surface area contributed by atoms with Crippen LogP contribution in [-0.4, -0.2) is 22.2 Å². The maximum absolute atomic E-state index is 13.3. The molecule has 0 spiro atoms. The van der Waals surface area contributed by atoms with Gasteiger partial charge < -0.3 is 14.5 Å². The highest BCUT2D eigenvalue weighted by Gasteiger charge is 2.65. The van der Waals surface area contributed by atoms with Crippen LogP contribution in [0.5, 0.6) is 11.5 Å². The fraction of sp³-hybridized carbons (Fsp3) is 0.125. The van der Waals surface area contributed by atoms with Gasteiger partial charge in [0.05, 0.1) is 10.9 Å². The summed E-state index contributed by atoms with van der Waals surface area (Å²) in [6.07, 6.45) is -9.60. The number of para-hydroxylation sites is 1. The smallest absolute Gasteiger partial charge is 0.421 e. The van der Waals surface area contributed by atoms with Crippen molar-refractivity contribution < 1.29 is 27.0 Å². The lowest BCUT2D eigenvalue weighted by molar-refractivity contribution is -0.391. The first-order chi connectivity index (χ1) is 11.8. The molecule has 2 aromatic carbocycles. The van der Waals surface area contributed by atoms with Gasteiger partial charge in [0.15, 0.2) is 11.5 Å². The summed E-state index contributed by atoms with van der Waals surface area (Å²) >= 11 is 0. The van der Waals surface area contributed by atoms with Crippen molar-refractivity contribution in [2.75, 3.05) is 0 Å². The Kier molecular flexibility index (Phi) is 3.05. The predicted octanol–water partition coefficient (Wildman–Crippen LogP) is 3.55. The number of rotatable bonds is 1. The summed E-state index contributed by atoms with van der Waals surface area (Å²) in [6, 6.07) is 9.94. The maximum atomic E-state index is 13.3. The van der Waals surface area contributed by atoms with Crippen molar-refractivity contribution in [1.29, 1.82) is 0 Å². The molecule has 0 saturated carbocycles.